The zero-order valence-corrected chi connectivity index (χ0v) is 19.2. The van der Waals surface area contributed by atoms with Crippen LogP contribution in [0.5, 0.6) is 0 Å². The van der Waals surface area contributed by atoms with Crippen molar-refractivity contribution in [3.63, 3.8) is 0 Å². The van der Waals surface area contributed by atoms with E-state index in [1.54, 1.807) is 6.07 Å². The van der Waals surface area contributed by atoms with Crippen LogP contribution in [0, 0.1) is 13.8 Å². The van der Waals surface area contributed by atoms with E-state index in [1.165, 1.54) is 5.56 Å². The Morgan fingerprint density at radius 1 is 1.10 bits per heavy atom. The summed E-state index contributed by atoms with van der Waals surface area (Å²) in [5, 5.41) is 3.13. The predicted octanol–water partition coefficient (Wildman–Crippen LogP) is 3.78. The molecule has 2 aliphatic rings. The Hall–Kier alpha value is -2.18. The average molecular weight is 441 g/mol. The summed E-state index contributed by atoms with van der Waals surface area (Å²) in [6, 6.07) is 15.7. The summed E-state index contributed by atoms with van der Waals surface area (Å²) in [7, 11) is -3.78. The number of benzene rings is 2. The minimum Gasteiger partial charge on any atom is -0.351 e. The van der Waals surface area contributed by atoms with E-state index in [0.717, 1.165) is 44.5 Å². The molecule has 1 amide bonds. The molecule has 1 aliphatic carbocycles. The second kappa shape index (κ2) is 8.75. The standard InChI is InChI=1S/C25H32N2O3S/c1-19-10-11-20(2)23(16-19)31(29,30)25(13-6-7-14-25)24(28)26-22-12-15-27(18-22)17-21-8-4-3-5-9-21/h3-5,8-11,16,22H,6-7,12-15,17-18H2,1-2H3,(H,26,28). The first kappa shape index (κ1) is 22.0. The minimum atomic E-state index is -3.78. The number of hydrogen-bond donors (Lipinski definition) is 1. The molecule has 0 aromatic heterocycles. The van der Waals surface area contributed by atoms with Gasteiger partial charge in [0.15, 0.2) is 14.6 Å². The molecule has 6 heteroatoms. The Balaban J connectivity index is 1.51. The molecule has 1 saturated heterocycles. The molecule has 1 saturated carbocycles. The SMILES string of the molecule is Cc1ccc(C)c(S(=O)(=O)C2(C(=O)NC3CCN(Cc4ccccc4)C3)CCCC2)c1. The number of rotatable bonds is 6. The molecule has 0 spiro atoms. The molecule has 4 rings (SSSR count). The fourth-order valence-corrected chi connectivity index (χ4v) is 7.41. The molecule has 1 N–H and O–H groups in total. The van der Waals surface area contributed by atoms with Crippen LogP contribution in [0.1, 0.15) is 48.8 Å². The quantitative estimate of drug-likeness (QED) is 0.742. The molecular weight excluding hydrogens is 408 g/mol. The second-order valence-corrected chi connectivity index (χ2v) is 11.4. The van der Waals surface area contributed by atoms with Crippen LogP contribution < -0.4 is 5.32 Å². The van der Waals surface area contributed by atoms with Crippen LogP contribution in [0.4, 0.5) is 0 Å². The van der Waals surface area contributed by atoms with Gasteiger partial charge in [0.25, 0.3) is 0 Å². The lowest BCUT2D eigenvalue weighted by molar-refractivity contribution is -0.124. The summed E-state index contributed by atoms with van der Waals surface area (Å²) < 4.78 is 26.2. The Bertz CT molecular complexity index is 1040. The first-order valence-electron chi connectivity index (χ1n) is 11.2. The summed E-state index contributed by atoms with van der Waals surface area (Å²) in [4.78, 5) is 16.1. The lowest BCUT2D eigenvalue weighted by Gasteiger charge is -2.30. The highest BCUT2D eigenvalue weighted by molar-refractivity contribution is 7.93. The average Bonchev–Trinajstić information content (AvgIpc) is 3.41. The number of nitrogens with zero attached hydrogens (tertiary/aromatic N) is 1. The fraction of sp³-hybridized carbons (Fsp3) is 0.480. The first-order chi connectivity index (χ1) is 14.8. The normalized spacial score (nSPS) is 21.3. The van der Waals surface area contributed by atoms with Gasteiger partial charge in [0.05, 0.1) is 4.90 Å². The molecule has 31 heavy (non-hydrogen) atoms. The maximum absolute atomic E-state index is 13.8. The highest BCUT2D eigenvalue weighted by Gasteiger charge is 2.53. The van der Waals surface area contributed by atoms with Gasteiger partial charge >= 0.3 is 0 Å². The molecule has 1 unspecified atom stereocenters. The molecule has 0 bridgehead atoms. The van der Waals surface area contributed by atoms with Crippen LogP contribution in [-0.4, -0.2) is 43.1 Å². The van der Waals surface area contributed by atoms with E-state index in [1.807, 2.05) is 44.2 Å². The van der Waals surface area contributed by atoms with Gasteiger partial charge in [0, 0.05) is 25.7 Å². The molecule has 1 heterocycles. The van der Waals surface area contributed by atoms with Gasteiger partial charge in [-0.05, 0) is 55.9 Å². The molecule has 2 fully saturated rings. The van der Waals surface area contributed by atoms with E-state index in [9.17, 15) is 13.2 Å². The Morgan fingerprint density at radius 2 is 1.81 bits per heavy atom. The van der Waals surface area contributed by atoms with Crippen LogP contribution in [0.2, 0.25) is 0 Å². The second-order valence-electron chi connectivity index (χ2n) is 9.15. The van der Waals surface area contributed by atoms with Crippen molar-refractivity contribution >= 4 is 15.7 Å². The number of sulfone groups is 1. The number of hydrogen-bond acceptors (Lipinski definition) is 4. The minimum absolute atomic E-state index is 0.0116. The number of amides is 1. The molecule has 1 aliphatic heterocycles. The van der Waals surface area contributed by atoms with E-state index in [0.29, 0.717) is 23.3 Å². The fourth-order valence-electron chi connectivity index (χ4n) is 5.02. The van der Waals surface area contributed by atoms with Gasteiger partial charge in [-0.25, -0.2) is 8.42 Å². The molecule has 166 valence electrons. The zero-order chi connectivity index (χ0) is 22.1. The van der Waals surface area contributed by atoms with Crippen LogP contribution in [0.25, 0.3) is 0 Å². The summed E-state index contributed by atoms with van der Waals surface area (Å²) in [5.41, 5.74) is 2.85. The zero-order valence-electron chi connectivity index (χ0n) is 18.4. The highest BCUT2D eigenvalue weighted by Crippen LogP contribution is 2.42. The van der Waals surface area contributed by atoms with Gasteiger partial charge in [0.2, 0.25) is 5.91 Å². The predicted molar refractivity (Wildman–Crippen MR) is 123 cm³/mol. The van der Waals surface area contributed by atoms with Crippen molar-refractivity contribution in [3.05, 3.63) is 65.2 Å². The number of likely N-dealkylation sites (tertiary alicyclic amines) is 1. The third kappa shape index (κ3) is 4.28. The largest absolute Gasteiger partial charge is 0.351 e. The molecule has 5 nitrogen and oxygen atoms in total. The van der Waals surface area contributed by atoms with Crippen LogP contribution in [-0.2, 0) is 21.2 Å². The number of nitrogens with one attached hydrogen (secondary N) is 1. The smallest absolute Gasteiger partial charge is 0.242 e. The van der Waals surface area contributed by atoms with Crippen molar-refractivity contribution in [2.45, 2.75) is 68.2 Å². The van der Waals surface area contributed by atoms with E-state index < -0.39 is 14.6 Å². The Labute approximate surface area is 185 Å². The van der Waals surface area contributed by atoms with Crippen molar-refractivity contribution in [1.29, 1.82) is 0 Å². The Morgan fingerprint density at radius 3 is 2.52 bits per heavy atom. The van der Waals surface area contributed by atoms with Crippen LogP contribution in [0.15, 0.2) is 53.4 Å². The topological polar surface area (TPSA) is 66.5 Å². The first-order valence-corrected chi connectivity index (χ1v) is 12.7. The van der Waals surface area contributed by atoms with E-state index >= 15 is 0 Å². The van der Waals surface area contributed by atoms with Crippen LogP contribution >= 0.6 is 0 Å². The van der Waals surface area contributed by atoms with Gasteiger partial charge in [0.1, 0.15) is 0 Å². The molecule has 1 atom stereocenters. The van der Waals surface area contributed by atoms with Gasteiger partial charge < -0.3 is 5.32 Å². The van der Waals surface area contributed by atoms with Crippen molar-refractivity contribution in [2.24, 2.45) is 0 Å². The van der Waals surface area contributed by atoms with Crippen molar-refractivity contribution in [3.8, 4) is 0 Å². The van der Waals surface area contributed by atoms with Crippen molar-refractivity contribution in [1.82, 2.24) is 10.2 Å². The van der Waals surface area contributed by atoms with Gasteiger partial charge in [-0.1, -0.05) is 55.3 Å². The maximum atomic E-state index is 13.8. The molecule has 2 aromatic rings. The number of carbonyl (C=O) groups is 1. The highest BCUT2D eigenvalue weighted by atomic mass is 32.2. The van der Waals surface area contributed by atoms with E-state index in [-0.39, 0.29) is 11.9 Å². The third-order valence-electron chi connectivity index (χ3n) is 6.83. The number of aryl methyl sites for hydroxylation is 2. The van der Waals surface area contributed by atoms with Gasteiger partial charge in [-0.2, -0.15) is 0 Å². The summed E-state index contributed by atoms with van der Waals surface area (Å²) >= 11 is 0. The summed E-state index contributed by atoms with van der Waals surface area (Å²) in [6.45, 7) is 6.20. The molecular formula is C25H32N2O3S. The molecule has 0 radical (unpaired) electrons. The maximum Gasteiger partial charge on any atom is 0.242 e. The third-order valence-corrected chi connectivity index (χ3v) is 9.47. The lowest BCUT2D eigenvalue weighted by Crippen LogP contribution is -2.53. The lowest BCUT2D eigenvalue weighted by atomic mass is 10.1. The Kier molecular flexibility index (Phi) is 6.22. The van der Waals surface area contributed by atoms with E-state index in [2.05, 4.69) is 22.3 Å². The molecule has 2 aromatic carbocycles. The van der Waals surface area contributed by atoms with Gasteiger partial charge in [-0.3, -0.25) is 9.69 Å². The summed E-state index contributed by atoms with van der Waals surface area (Å²) in [5.74, 6) is -0.308. The summed E-state index contributed by atoms with van der Waals surface area (Å²) in [6.07, 6.45) is 3.17. The van der Waals surface area contributed by atoms with Crippen molar-refractivity contribution in [2.75, 3.05) is 13.1 Å². The number of carbonyl (C=O) groups excluding carboxylic acids is 1. The van der Waals surface area contributed by atoms with Crippen LogP contribution in [0.3, 0.4) is 0 Å². The monoisotopic (exact) mass is 440 g/mol. The van der Waals surface area contributed by atoms with Gasteiger partial charge in [-0.15, -0.1) is 0 Å². The van der Waals surface area contributed by atoms with E-state index in [4.69, 9.17) is 0 Å². The van der Waals surface area contributed by atoms with Crippen molar-refractivity contribution < 1.29 is 13.2 Å².